The van der Waals surface area contributed by atoms with Gasteiger partial charge in [0.05, 0.1) is 5.75 Å². The van der Waals surface area contributed by atoms with Gasteiger partial charge in [0, 0.05) is 38.0 Å². The Kier molecular flexibility index (Phi) is 3.33. The van der Waals surface area contributed by atoms with E-state index in [4.69, 9.17) is 0 Å². The van der Waals surface area contributed by atoms with Gasteiger partial charge in [0.25, 0.3) is 0 Å². The first kappa shape index (κ1) is 11.4. The van der Waals surface area contributed by atoms with Crippen LogP contribution in [0.4, 0.5) is 0 Å². The second kappa shape index (κ2) is 4.39. The Labute approximate surface area is 91.9 Å². The Hall–Kier alpha value is -0.130. The highest BCUT2D eigenvalue weighted by Gasteiger charge is 2.33. The summed E-state index contributed by atoms with van der Waals surface area (Å²) in [6, 6.07) is 1.35. The van der Waals surface area contributed by atoms with Crippen molar-refractivity contribution in [2.45, 2.75) is 31.3 Å². The molecule has 1 atom stereocenters. The molecule has 5 heteroatoms. The summed E-state index contributed by atoms with van der Waals surface area (Å²) in [6.07, 6.45) is 5.17. The number of nitrogens with one attached hydrogen (secondary N) is 1. The predicted octanol–water partition coefficient (Wildman–Crippen LogP) is -0.143. The molecular formula is C10H20N2O2S. The highest BCUT2D eigenvalue weighted by Crippen LogP contribution is 2.29. The number of hydrogen-bond donors (Lipinski definition) is 1. The fourth-order valence-corrected chi connectivity index (χ4v) is 2.66. The summed E-state index contributed by atoms with van der Waals surface area (Å²) < 4.78 is 21.9. The van der Waals surface area contributed by atoms with E-state index in [0.717, 1.165) is 12.6 Å². The van der Waals surface area contributed by atoms with Gasteiger partial charge in [0.15, 0.2) is 0 Å². The van der Waals surface area contributed by atoms with Crippen molar-refractivity contribution in [3.05, 3.63) is 0 Å². The summed E-state index contributed by atoms with van der Waals surface area (Å²) in [7, 11) is -2.81. The Bertz CT molecular complexity index is 311. The summed E-state index contributed by atoms with van der Waals surface area (Å²) in [5.41, 5.74) is 0. The molecule has 1 aliphatic heterocycles. The van der Waals surface area contributed by atoms with Gasteiger partial charge in [0.2, 0.25) is 0 Å². The molecule has 2 fully saturated rings. The zero-order valence-corrected chi connectivity index (χ0v) is 10.1. The molecule has 0 aromatic rings. The molecule has 0 amide bonds. The van der Waals surface area contributed by atoms with Crippen LogP contribution in [-0.4, -0.2) is 57.0 Å². The van der Waals surface area contributed by atoms with Crippen LogP contribution in [0.2, 0.25) is 0 Å². The van der Waals surface area contributed by atoms with Crippen LogP contribution in [0.5, 0.6) is 0 Å². The molecule has 0 bridgehead atoms. The zero-order valence-electron chi connectivity index (χ0n) is 9.28. The molecule has 88 valence electrons. The first-order valence-electron chi connectivity index (χ1n) is 5.70. The number of nitrogens with zero attached hydrogens (tertiary/aromatic N) is 1. The smallest absolute Gasteiger partial charge is 0.148 e. The van der Waals surface area contributed by atoms with Crippen molar-refractivity contribution in [2.24, 2.45) is 0 Å². The van der Waals surface area contributed by atoms with Gasteiger partial charge in [-0.25, -0.2) is 8.42 Å². The van der Waals surface area contributed by atoms with E-state index in [-0.39, 0.29) is 5.75 Å². The molecule has 1 heterocycles. The quantitative estimate of drug-likeness (QED) is 0.716. The van der Waals surface area contributed by atoms with Crippen molar-refractivity contribution in [3.8, 4) is 0 Å². The van der Waals surface area contributed by atoms with E-state index in [1.54, 1.807) is 0 Å². The lowest BCUT2D eigenvalue weighted by atomic mass is 10.3. The minimum atomic E-state index is -2.81. The van der Waals surface area contributed by atoms with Crippen molar-refractivity contribution < 1.29 is 8.42 Å². The monoisotopic (exact) mass is 232 g/mol. The van der Waals surface area contributed by atoms with Crippen LogP contribution in [0.3, 0.4) is 0 Å². The topological polar surface area (TPSA) is 49.4 Å². The summed E-state index contributed by atoms with van der Waals surface area (Å²) in [5.74, 6) is 0.257. The lowest BCUT2D eigenvalue weighted by Gasteiger charge is -2.15. The summed E-state index contributed by atoms with van der Waals surface area (Å²) in [4.78, 5) is 2.53. The van der Waals surface area contributed by atoms with Crippen LogP contribution in [0.1, 0.15) is 19.3 Å². The van der Waals surface area contributed by atoms with Gasteiger partial charge in [-0.3, -0.25) is 4.90 Å². The average Bonchev–Trinajstić information content (AvgIpc) is 2.86. The first-order valence-corrected chi connectivity index (χ1v) is 7.76. The number of rotatable bonds is 5. The molecule has 4 nitrogen and oxygen atoms in total. The Morgan fingerprint density at radius 2 is 2.07 bits per heavy atom. The molecular weight excluding hydrogens is 212 g/mol. The number of hydrogen-bond acceptors (Lipinski definition) is 4. The van der Waals surface area contributed by atoms with Crippen LogP contribution < -0.4 is 5.32 Å². The molecule has 0 aromatic heterocycles. The van der Waals surface area contributed by atoms with Crippen LogP contribution in [0.15, 0.2) is 0 Å². The lowest BCUT2D eigenvalue weighted by molar-refractivity contribution is 0.318. The summed E-state index contributed by atoms with van der Waals surface area (Å²) in [5, 5.41) is 3.33. The minimum absolute atomic E-state index is 0.257. The highest BCUT2D eigenvalue weighted by molar-refractivity contribution is 7.90. The fourth-order valence-electron chi connectivity index (χ4n) is 2.17. The molecule has 2 aliphatic rings. The third-order valence-corrected chi connectivity index (χ3v) is 4.13. The number of sulfone groups is 1. The Morgan fingerprint density at radius 3 is 2.67 bits per heavy atom. The third-order valence-electron chi connectivity index (χ3n) is 3.19. The maximum atomic E-state index is 10.9. The molecule has 1 N–H and O–H groups in total. The van der Waals surface area contributed by atoms with Crippen molar-refractivity contribution in [1.29, 1.82) is 0 Å². The predicted molar refractivity (Wildman–Crippen MR) is 60.7 cm³/mol. The third kappa shape index (κ3) is 3.74. The van der Waals surface area contributed by atoms with Gasteiger partial charge in [-0.05, 0) is 19.3 Å². The maximum Gasteiger partial charge on any atom is 0.148 e. The minimum Gasteiger partial charge on any atom is -0.312 e. The normalized spacial score (nSPS) is 28.5. The molecule has 1 saturated carbocycles. The van der Waals surface area contributed by atoms with Gasteiger partial charge in [0.1, 0.15) is 9.84 Å². The lowest BCUT2D eigenvalue weighted by Crippen LogP contribution is -2.35. The van der Waals surface area contributed by atoms with Crippen LogP contribution >= 0.6 is 0 Å². The number of likely N-dealkylation sites (tertiary alicyclic amines) is 1. The SMILES string of the molecule is CS(=O)(=O)CCNC1CCN(C2CC2)C1. The molecule has 15 heavy (non-hydrogen) atoms. The van der Waals surface area contributed by atoms with E-state index in [1.807, 2.05) is 0 Å². The van der Waals surface area contributed by atoms with Crippen molar-refractivity contribution >= 4 is 9.84 Å². The van der Waals surface area contributed by atoms with E-state index in [1.165, 1.54) is 32.1 Å². The highest BCUT2D eigenvalue weighted by atomic mass is 32.2. The van der Waals surface area contributed by atoms with Gasteiger partial charge in [-0.2, -0.15) is 0 Å². The molecule has 0 spiro atoms. The van der Waals surface area contributed by atoms with E-state index >= 15 is 0 Å². The molecule has 0 aromatic carbocycles. The standard InChI is InChI=1S/C10H20N2O2S/c1-15(13,14)7-5-11-9-4-6-12(8-9)10-2-3-10/h9-11H,2-8H2,1H3. The summed E-state index contributed by atoms with van der Waals surface area (Å²) >= 11 is 0. The van der Waals surface area contributed by atoms with Gasteiger partial charge < -0.3 is 5.32 Å². The van der Waals surface area contributed by atoms with Crippen LogP contribution in [0, 0.1) is 0 Å². The second-order valence-corrected chi connectivity index (χ2v) is 7.06. The average molecular weight is 232 g/mol. The van der Waals surface area contributed by atoms with Crippen LogP contribution in [-0.2, 0) is 9.84 Å². The van der Waals surface area contributed by atoms with E-state index in [9.17, 15) is 8.42 Å². The Morgan fingerprint density at radius 1 is 1.33 bits per heavy atom. The van der Waals surface area contributed by atoms with Crippen LogP contribution in [0.25, 0.3) is 0 Å². The van der Waals surface area contributed by atoms with Crippen molar-refractivity contribution in [1.82, 2.24) is 10.2 Å². The van der Waals surface area contributed by atoms with E-state index < -0.39 is 9.84 Å². The molecule has 2 rings (SSSR count). The molecule has 1 unspecified atom stereocenters. The fraction of sp³-hybridized carbons (Fsp3) is 1.00. The van der Waals surface area contributed by atoms with E-state index in [2.05, 4.69) is 10.2 Å². The van der Waals surface area contributed by atoms with Gasteiger partial charge in [-0.15, -0.1) is 0 Å². The van der Waals surface area contributed by atoms with E-state index in [0.29, 0.717) is 12.6 Å². The van der Waals surface area contributed by atoms with Gasteiger partial charge >= 0.3 is 0 Å². The zero-order chi connectivity index (χ0) is 10.9. The molecule has 0 radical (unpaired) electrons. The first-order chi connectivity index (χ1) is 7.04. The second-order valence-electron chi connectivity index (χ2n) is 4.80. The van der Waals surface area contributed by atoms with Crippen molar-refractivity contribution in [3.63, 3.8) is 0 Å². The maximum absolute atomic E-state index is 10.9. The molecule has 1 saturated heterocycles. The Balaban J connectivity index is 1.64. The largest absolute Gasteiger partial charge is 0.312 e. The van der Waals surface area contributed by atoms with Gasteiger partial charge in [-0.1, -0.05) is 0 Å². The summed E-state index contributed by atoms with van der Waals surface area (Å²) in [6.45, 7) is 2.89. The molecule has 1 aliphatic carbocycles. The van der Waals surface area contributed by atoms with Crippen molar-refractivity contribution in [2.75, 3.05) is 31.6 Å².